The van der Waals surface area contributed by atoms with Crippen molar-refractivity contribution in [2.75, 3.05) is 5.32 Å². The average Bonchev–Trinajstić information content (AvgIpc) is 3.09. The van der Waals surface area contributed by atoms with E-state index in [-0.39, 0.29) is 18.0 Å². The molecule has 4 rings (SSSR count). The zero-order valence-corrected chi connectivity index (χ0v) is 16.6. The summed E-state index contributed by atoms with van der Waals surface area (Å²) < 4.78 is 1.85. The summed E-state index contributed by atoms with van der Waals surface area (Å²) in [4.78, 5) is 29.6. The first-order chi connectivity index (χ1) is 13.5. The number of nitrogens with one attached hydrogen (secondary N) is 1. The van der Waals surface area contributed by atoms with Gasteiger partial charge in [-0.2, -0.15) is 0 Å². The Labute approximate surface area is 170 Å². The topological polar surface area (TPSA) is 64.0 Å². The molecule has 2 aromatic heterocycles. The Morgan fingerprint density at radius 2 is 2.00 bits per heavy atom. The second-order valence-corrected chi connectivity index (χ2v) is 7.75. The Kier molecular flexibility index (Phi) is 4.98. The standard InChI is InChI=1S/C21H16ClN3O2S/c1-13-3-2-4-16(9-13)24-18(26)10-25-12-23-19-17(11-28-20(19)21(25)27)14-5-7-15(22)8-6-14/h2-9,11-12H,10H2,1H3,(H,24,26). The maximum Gasteiger partial charge on any atom is 0.271 e. The predicted octanol–water partition coefficient (Wildman–Crippen LogP) is 4.73. The molecule has 0 saturated heterocycles. The van der Waals surface area contributed by atoms with Gasteiger partial charge in [-0.1, -0.05) is 35.9 Å². The lowest BCUT2D eigenvalue weighted by molar-refractivity contribution is -0.116. The second kappa shape index (κ2) is 7.58. The minimum Gasteiger partial charge on any atom is -0.325 e. The number of hydrogen-bond acceptors (Lipinski definition) is 4. The van der Waals surface area contributed by atoms with E-state index in [0.717, 1.165) is 16.7 Å². The van der Waals surface area contributed by atoms with Gasteiger partial charge < -0.3 is 5.32 Å². The van der Waals surface area contributed by atoms with Crippen LogP contribution in [0.15, 0.2) is 65.0 Å². The number of aryl methyl sites for hydroxylation is 1. The van der Waals surface area contributed by atoms with Crippen molar-refractivity contribution < 1.29 is 4.79 Å². The minimum absolute atomic E-state index is 0.0934. The van der Waals surface area contributed by atoms with Crippen molar-refractivity contribution in [3.05, 3.63) is 81.2 Å². The number of carbonyl (C=O) groups excluding carboxylic acids is 1. The molecule has 0 aliphatic carbocycles. The summed E-state index contributed by atoms with van der Waals surface area (Å²) in [6.45, 7) is 1.86. The van der Waals surface area contributed by atoms with E-state index < -0.39 is 0 Å². The molecular weight excluding hydrogens is 394 g/mol. The lowest BCUT2D eigenvalue weighted by Gasteiger charge is -2.08. The van der Waals surface area contributed by atoms with E-state index in [0.29, 0.717) is 20.9 Å². The van der Waals surface area contributed by atoms with Gasteiger partial charge in [-0.15, -0.1) is 11.3 Å². The molecule has 0 saturated carbocycles. The summed E-state index contributed by atoms with van der Waals surface area (Å²) in [6.07, 6.45) is 1.42. The fourth-order valence-corrected chi connectivity index (χ4v) is 4.07. The van der Waals surface area contributed by atoms with Crippen LogP contribution in [0.5, 0.6) is 0 Å². The van der Waals surface area contributed by atoms with Gasteiger partial charge in [-0.25, -0.2) is 4.98 Å². The molecule has 0 unspecified atom stereocenters. The third-order valence-electron chi connectivity index (χ3n) is 4.32. The number of thiophene rings is 1. The predicted molar refractivity (Wildman–Crippen MR) is 114 cm³/mol. The van der Waals surface area contributed by atoms with Crippen LogP contribution in [-0.2, 0) is 11.3 Å². The zero-order chi connectivity index (χ0) is 19.7. The summed E-state index contributed by atoms with van der Waals surface area (Å²) in [6, 6.07) is 14.9. The highest BCUT2D eigenvalue weighted by molar-refractivity contribution is 7.17. The number of amides is 1. The molecule has 4 aromatic rings. The Balaban J connectivity index is 1.61. The zero-order valence-electron chi connectivity index (χ0n) is 15.0. The highest BCUT2D eigenvalue weighted by Gasteiger charge is 2.14. The van der Waals surface area contributed by atoms with E-state index in [1.807, 2.05) is 48.7 Å². The summed E-state index contributed by atoms with van der Waals surface area (Å²) in [5.41, 5.74) is 3.98. The van der Waals surface area contributed by atoms with Gasteiger partial charge in [0.05, 0.1) is 11.8 Å². The minimum atomic E-state index is -0.275. The third-order valence-corrected chi connectivity index (χ3v) is 5.53. The molecule has 0 bridgehead atoms. The van der Waals surface area contributed by atoms with Crippen molar-refractivity contribution in [2.24, 2.45) is 0 Å². The fourth-order valence-electron chi connectivity index (χ4n) is 2.97. The molecule has 0 spiro atoms. The van der Waals surface area contributed by atoms with Crippen LogP contribution in [-0.4, -0.2) is 15.5 Å². The molecule has 1 N–H and O–H groups in total. The Morgan fingerprint density at radius 3 is 2.75 bits per heavy atom. The van der Waals surface area contributed by atoms with Gasteiger partial charge in [-0.05, 0) is 42.3 Å². The normalized spacial score (nSPS) is 10.9. The molecule has 2 heterocycles. The molecule has 0 aliphatic heterocycles. The molecule has 7 heteroatoms. The first-order valence-electron chi connectivity index (χ1n) is 8.60. The van der Waals surface area contributed by atoms with Crippen LogP contribution < -0.4 is 10.9 Å². The first kappa shape index (κ1) is 18.4. The largest absolute Gasteiger partial charge is 0.325 e. The average molecular weight is 410 g/mol. The third kappa shape index (κ3) is 3.69. The highest BCUT2D eigenvalue weighted by atomic mass is 35.5. The van der Waals surface area contributed by atoms with Crippen molar-refractivity contribution in [1.29, 1.82) is 0 Å². The van der Waals surface area contributed by atoms with E-state index in [1.54, 1.807) is 12.1 Å². The summed E-state index contributed by atoms with van der Waals surface area (Å²) in [5.74, 6) is -0.275. The number of anilines is 1. The molecule has 5 nitrogen and oxygen atoms in total. The van der Waals surface area contributed by atoms with Crippen LogP contribution in [0, 0.1) is 6.92 Å². The molecule has 0 aliphatic rings. The Hall–Kier alpha value is -2.96. The number of benzene rings is 2. The fraction of sp³-hybridized carbons (Fsp3) is 0.0952. The molecule has 140 valence electrons. The van der Waals surface area contributed by atoms with Crippen molar-refractivity contribution in [2.45, 2.75) is 13.5 Å². The lowest BCUT2D eigenvalue weighted by Crippen LogP contribution is -2.27. The molecule has 0 radical (unpaired) electrons. The van der Waals surface area contributed by atoms with Crippen molar-refractivity contribution in [3.8, 4) is 11.1 Å². The van der Waals surface area contributed by atoms with E-state index in [1.165, 1.54) is 22.2 Å². The number of rotatable bonds is 4. The van der Waals surface area contributed by atoms with Crippen LogP contribution in [0.3, 0.4) is 0 Å². The van der Waals surface area contributed by atoms with Gasteiger partial charge >= 0.3 is 0 Å². The van der Waals surface area contributed by atoms with Gasteiger partial charge in [0.1, 0.15) is 11.2 Å². The van der Waals surface area contributed by atoms with Gasteiger partial charge in [0.15, 0.2) is 0 Å². The Morgan fingerprint density at radius 1 is 1.21 bits per heavy atom. The molecule has 0 atom stereocenters. The summed E-state index contributed by atoms with van der Waals surface area (Å²) in [7, 11) is 0. The van der Waals surface area contributed by atoms with Crippen molar-refractivity contribution >= 4 is 44.7 Å². The Bertz CT molecular complexity index is 1230. The number of halogens is 1. The number of nitrogens with zero attached hydrogens (tertiary/aromatic N) is 2. The number of hydrogen-bond donors (Lipinski definition) is 1. The maximum atomic E-state index is 12.8. The molecular formula is C21H16ClN3O2S. The smallest absolute Gasteiger partial charge is 0.271 e. The summed E-state index contributed by atoms with van der Waals surface area (Å²) >= 11 is 7.27. The van der Waals surface area contributed by atoms with E-state index in [9.17, 15) is 9.59 Å². The molecule has 1 amide bonds. The van der Waals surface area contributed by atoms with E-state index in [2.05, 4.69) is 10.3 Å². The van der Waals surface area contributed by atoms with Gasteiger partial charge in [0.2, 0.25) is 5.91 Å². The second-order valence-electron chi connectivity index (χ2n) is 6.43. The molecule has 0 fully saturated rings. The lowest BCUT2D eigenvalue weighted by atomic mass is 10.1. The first-order valence-corrected chi connectivity index (χ1v) is 9.86. The number of aromatic nitrogens is 2. The number of fused-ring (bicyclic) bond motifs is 1. The quantitative estimate of drug-likeness (QED) is 0.530. The van der Waals surface area contributed by atoms with Crippen LogP contribution in [0.2, 0.25) is 5.02 Å². The summed E-state index contributed by atoms with van der Waals surface area (Å²) in [5, 5.41) is 5.36. The van der Waals surface area contributed by atoms with Crippen LogP contribution in [0.1, 0.15) is 5.56 Å². The van der Waals surface area contributed by atoms with Gasteiger partial charge in [0.25, 0.3) is 5.56 Å². The van der Waals surface area contributed by atoms with Gasteiger partial charge in [-0.3, -0.25) is 14.2 Å². The number of carbonyl (C=O) groups is 1. The van der Waals surface area contributed by atoms with Crippen molar-refractivity contribution in [3.63, 3.8) is 0 Å². The van der Waals surface area contributed by atoms with Crippen molar-refractivity contribution in [1.82, 2.24) is 9.55 Å². The SMILES string of the molecule is Cc1cccc(NC(=O)Cn2cnc3c(-c4ccc(Cl)cc4)csc3c2=O)c1. The van der Waals surface area contributed by atoms with Crippen LogP contribution in [0.4, 0.5) is 5.69 Å². The van der Waals surface area contributed by atoms with Crippen LogP contribution in [0.25, 0.3) is 21.3 Å². The highest BCUT2D eigenvalue weighted by Crippen LogP contribution is 2.31. The van der Waals surface area contributed by atoms with E-state index >= 15 is 0 Å². The van der Waals surface area contributed by atoms with Gasteiger partial charge in [0, 0.05) is 21.7 Å². The molecule has 2 aromatic carbocycles. The van der Waals surface area contributed by atoms with Crippen LogP contribution >= 0.6 is 22.9 Å². The monoisotopic (exact) mass is 409 g/mol. The van der Waals surface area contributed by atoms with E-state index in [4.69, 9.17) is 11.6 Å². The molecule has 28 heavy (non-hydrogen) atoms. The maximum absolute atomic E-state index is 12.8.